The van der Waals surface area contributed by atoms with Gasteiger partial charge in [0.05, 0.1) is 15.8 Å². The first-order chi connectivity index (χ1) is 11.7. The maximum atomic E-state index is 12.2. The second-order valence-electron chi connectivity index (χ2n) is 5.61. The van der Waals surface area contributed by atoms with Crippen LogP contribution >= 0.6 is 22.9 Å². The lowest BCUT2D eigenvalue weighted by atomic mass is 10.2. The van der Waals surface area contributed by atoms with E-state index < -0.39 is 10.0 Å². The Bertz CT molecular complexity index is 865. The average Bonchev–Trinajstić information content (AvgIpc) is 2.93. The van der Waals surface area contributed by atoms with Gasteiger partial charge in [-0.3, -0.25) is 9.69 Å². The Morgan fingerprint density at radius 2 is 2.00 bits per heavy atom. The van der Waals surface area contributed by atoms with Crippen LogP contribution in [-0.2, 0) is 21.4 Å². The lowest BCUT2D eigenvalue weighted by molar-refractivity contribution is -0.117. The molecule has 6 nitrogen and oxygen atoms in total. The van der Waals surface area contributed by atoms with Crippen LogP contribution in [-0.4, -0.2) is 39.9 Å². The number of carbonyl (C=O) groups excluding carboxylic acids is 1. The lowest BCUT2D eigenvalue weighted by Crippen LogP contribution is -2.29. The van der Waals surface area contributed by atoms with Gasteiger partial charge in [-0.2, -0.15) is 0 Å². The Hall–Kier alpha value is -1.45. The van der Waals surface area contributed by atoms with E-state index in [1.165, 1.54) is 24.5 Å². The van der Waals surface area contributed by atoms with Crippen LogP contribution in [0, 0.1) is 6.92 Å². The van der Waals surface area contributed by atoms with E-state index in [0.717, 1.165) is 4.88 Å². The number of halogens is 1. The van der Waals surface area contributed by atoms with E-state index in [1.807, 2.05) is 24.1 Å². The van der Waals surface area contributed by atoms with E-state index in [1.54, 1.807) is 19.1 Å². The molecule has 1 aromatic heterocycles. The van der Waals surface area contributed by atoms with Crippen LogP contribution in [0.5, 0.6) is 0 Å². The summed E-state index contributed by atoms with van der Waals surface area (Å²) in [5.41, 5.74) is 1.05. The maximum Gasteiger partial charge on any atom is 0.240 e. The van der Waals surface area contributed by atoms with Crippen LogP contribution < -0.4 is 10.0 Å². The number of nitrogens with one attached hydrogen (secondary N) is 2. The molecule has 25 heavy (non-hydrogen) atoms. The third kappa shape index (κ3) is 5.52. The predicted octanol–water partition coefficient (Wildman–Crippen LogP) is 2.69. The molecule has 2 aromatic rings. The quantitative estimate of drug-likeness (QED) is 0.747. The Morgan fingerprint density at radius 1 is 1.28 bits per heavy atom. The summed E-state index contributed by atoms with van der Waals surface area (Å²) in [5.74, 6) is -0.221. The molecule has 0 fully saturated rings. The fourth-order valence-corrected chi connectivity index (χ4v) is 4.44. The third-order valence-corrected chi connectivity index (χ3v) is 6.27. The molecule has 0 spiro atoms. The van der Waals surface area contributed by atoms with Crippen LogP contribution in [0.25, 0.3) is 0 Å². The number of anilines is 1. The molecule has 2 N–H and O–H groups in total. The molecule has 1 aromatic carbocycles. The summed E-state index contributed by atoms with van der Waals surface area (Å²) >= 11 is 7.37. The molecule has 1 heterocycles. The van der Waals surface area contributed by atoms with Crippen molar-refractivity contribution in [1.82, 2.24) is 9.62 Å². The van der Waals surface area contributed by atoms with Gasteiger partial charge in [-0.15, -0.1) is 11.3 Å². The van der Waals surface area contributed by atoms with E-state index in [9.17, 15) is 13.2 Å². The number of rotatable bonds is 7. The largest absolute Gasteiger partial charge is 0.325 e. The molecule has 136 valence electrons. The van der Waals surface area contributed by atoms with Gasteiger partial charge in [-0.25, -0.2) is 13.1 Å². The fraction of sp³-hybridized carbons (Fsp3) is 0.312. The van der Waals surface area contributed by atoms with Crippen molar-refractivity contribution < 1.29 is 13.2 Å². The fourth-order valence-electron chi connectivity index (χ4n) is 2.28. The molecule has 0 unspecified atom stereocenters. The first-order valence-corrected chi connectivity index (χ1v) is 10.2. The van der Waals surface area contributed by atoms with Crippen molar-refractivity contribution in [2.24, 2.45) is 0 Å². The number of aryl methyl sites for hydroxylation is 1. The normalized spacial score (nSPS) is 11.7. The van der Waals surface area contributed by atoms with Crippen molar-refractivity contribution in [3.8, 4) is 0 Å². The van der Waals surface area contributed by atoms with Gasteiger partial charge in [0.25, 0.3) is 0 Å². The van der Waals surface area contributed by atoms with Gasteiger partial charge in [-0.1, -0.05) is 17.7 Å². The minimum Gasteiger partial charge on any atom is -0.325 e. The topological polar surface area (TPSA) is 78.5 Å². The summed E-state index contributed by atoms with van der Waals surface area (Å²) in [6.07, 6.45) is 0. The van der Waals surface area contributed by atoms with E-state index in [4.69, 9.17) is 11.6 Å². The second-order valence-corrected chi connectivity index (χ2v) is 9.27. The summed E-state index contributed by atoms with van der Waals surface area (Å²) < 4.78 is 27.0. The predicted molar refractivity (Wildman–Crippen MR) is 102 cm³/mol. The van der Waals surface area contributed by atoms with Gasteiger partial charge < -0.3 is 5.32 Å². The average molecular weight is 402 g/mol. The van der Waals surface area contributed by atoms with Gasteiger partial charge in [0, 0.05) is 17.1 Å². The van der Waals surface area contributed by atoms with Crippen LogP contribution in [0.1, 0.15) is 10.4 Å². The summed E-state index contributed by atoms with van der Waals surface area (Å²) in [4.78, 5) is 15.3. The van der Waals surface area contributed by atoms with Gasteiger partial charge in [0.15, 0.2) is 0 Å². The first-order valence-electron chi connectivity index (χ1n) is 7.48. The highest BCUT2D eigenvalue weighted by molar-refractivity contribution is 7.89. The van der Waals surface area contributed by atoms with Crippen molar-refractivity contribution >= 4 is 44.6 Å². The van der Waals surface area contributed by atoms with Crippen LogP contribution in [0.3, 0.4) is 0 Å². The second kappa shape index (κ2) is 8.29. The monoisotopic (exact) mass is 401 g/mol. The smallest absolute Gasteiger partial charge is 0.240 e. The van der Waals surface area contributed by atoms with Gasteiger partial charge >= 0.3 is 0 Å². The molecule has 0 saturated heterocycles. The van der Waals surface area contributed by atoms with Crippen LogP contribution in [0.2, 0.25) is 4.34 Å². The summed E-state index contributed by atoms with van der Waals surface area (Å²) in [5, 5.41) is 2.73. The number of hydrogen-bond donors (Lipinski definition) is 2. The van der Waals surface area contributed by atoms with Gasteiger partial charge in [-0.05, 0) is 50.8 Å². The molecule has 0 radical (unpaired) electrons. The molecule has 0 bridgehead atoms. The summed E-state index contributed by atoms with van der Waals surface area (Å²) in [7, 11) is -0.386. The first kappa shape index (κ1) is 19.9. The molecular weight excluding hydrogens is 382 g/mol. The third-order valence-electron chi connectivity index (χ3n) is 3.50. The Kier molecular flexibility index (Phi) is 6.59. The number of nitrogens with zero attached hydrogens (tertiary/aromatic N) is 1. The lowest BCUT2D eigenvalue weighted by Gasteiger charge is -2.16. The number of hydrogen-bond acceptors (Lipinski definition) is 5. The SMILES string of the molecule is CNS(=O)(=O)c1cc(NC(=O)CN(C)Cc2ccc(Cl)s2)ccc1C. The van der Waals surface area contributed by atoms with Crippen molar-refractivity contribution in [2.45, 2.75) is 18.4 Å². The highest BCUT2D eigenvalue weighted by Gasteiger charge is 2.16. The molecule has 0 aliphatic rings. The number of benzene rings is 1. The van der Waals surface area contributed by atoms with Crippen molar-refractivity contribution in [2.75, 3.05) is 26.0 Å². The van der Waals surface area contributed by atoms with Crippen molar-refractivity contribution in [3.63, 3.8) is 0 Å². The van der Waals surface area contributed by atoms with Gasteiger partial charge in [0.2, 0.25) is 15.9 Å². The number of likely N-dealkylation sites (N-methyl/N-ethyl adjacent to an activating group) is 1. The molecule has 9 heteroatoms. The van der Waals surface area contributed by atoms with Crippen LogP contribution in [0.15, 0.2) is 35.2 Å². The zero-order valence-electron chi connectivity index (χ0n) is 14.2. The van der Waals surface area contributed by atoms with E-state index in [0.29, 0.717) is 22.1 Å². The van der Waals surface area contributed by atoms with E-state index in [-0.39, 0.29) is 17.3 Å². The maximum absolute atomic E-state index is 12.2. The Morgan fingerprint density at radius 3 is 2.60 bits per heavy atom. The number of thiophene rings is 1. The Labute approximate surface area is 156 Å². The summed E-state index contributed by atoms with van der Waals surface area (Å²) in [6.45, 7) is 2.49. The summed E-state index contributed by atoms with van der Waals surface area (Å²) in [6, 6.07) is 8.55. The van der Waals surface area contributed by atoms with Crippen molar-refractivity contribution in [3.05, 3.63) is 45.1 Å². The Balaban J connectivity index is 2.01. The molecule has 1 amide bonds. The molecule has 0 saturated carbocycles. The van der Waals surface area contributed by atoms with Gasteiger partial charge in [0.1, 0.15) is 0 Å². The number of sulfonamides is 1. The highest BCUT2D eigenvalue weighted by Crippen LogP contribution is 2.22. The standard InChI is InChI=1S/C16H20ClN3O3S2/c1-11-4-5-12(8-14(11)25(22,23)18-2)19-16(21)10-20(3)9-13-6-7-15(17)24-13/h4-8,18H,9-10H2,1-3H3,(H,19,21). The highest BCUT2D eigenvalue weighted by atomic mass is 35.5. The minimum absolute atomic E-state index is 0.148. The number of amides is 1. The molecule has 0 atom stereocenters. The molecular formula is C16H20ClN3O3S2. The van der Waals surface area contributed by atoms with Crippen molar-refractivity contribution in [1.29, 1.82) is 0 Å². The molecule has 0 aliphatic carbocycles. The zero-order chi connectivity index (χ0) is 18.6. The van der Waals surface area contributed by atoms with E-state index in [2.05, 4.69) is 10.0 Å². The molecule has 0 aliphatic heterocycles. The van der Waals surface area contributed by atoms with E-state index >= 15 is 0 Å². The van der Waals surface area contributed by atoms with Crippen LogP contribution in [0.4, 0.5) is 5.69 Å². The number of carbonyl (C=O) groups is 1. The minimum atomic E-state index is -3.57. The zero-order valence-corrected chi connectivity index (χ0v) is 16.6. The molecule has 2 rings (SSSR count).